The Balaban J connectivity index is 1.16. The van der Waals surface area contributed by atoms with Crippen LogP contribution in [0.5, 0.6) is 0 Å². The standard InChI is InChI=1S/C38H59N5O12/c1-4-8-43(55-5-2)37(44)33-25-32-7-6-31(26-35(32)41-36(39)27-33)34-28-40-42(29-34)9-10-47-11-12-48-13-14-49-15-16-50-17-18-51-19-20-52-21-22-53-23-24-54-30(3)38(45)46/h6-7,25-26,28-30H,4-5,8-24,27H2,1-3H3,(H2,39,41)(H,45,46). The van der Waals surface area contributed by atoms with Crippen molar-refractivity contribution in [2.45, 2.75) is 46.3 Å². The fourth-order valence-corrected chi connectivity index (χ4v) is 5.02. The van der Waals surface area contributed by atoms with Crippen LogP contribution in [-0.4, -0.2) is 156 Å². The van der Waals surface area contributed by atoms with Gasteiger partial charge in [-0.25, -0.2) is 14.9 Å². The zero-order valence-electron chi connectivity index (χ0n) is 32.5. The molecule has 2 aromatic rings. The van der Waals surface area contributed by atoms with Gasteiger partial charge in [0.2, 0.25) is 0 Å². The van der Waals surface area contributed by atoms with E-state index in [-0.39, 0.29) is 18.9 Å². The van der Waals surface area contributed by atoms with Crippen molar-refractivity contribution >= 4 is 29.5 Å². The number of rotatable bonds is 32. The monoisotopic (exact) mass is 777 g/mol. The van der Waals surface area contributed by atoms with Gasteiger partial charge >= 0.3 is 5.97 Å². The minimum Gasteiger partial charge on any atom is -0.479 e. The first-order valence-electron chi connectivity index (χ1n) is 18.9. The van der Waals surface area contributed by atoms with E-state index in [1.807, 2.05) is 49.0 Å². The van der Waals surface area contributed by atoms with E-state index in [4.69, 9.17) is 53.6 Å². The molecule has 0 radical (unpaired) electrons. The van der Waals surface area contributed by atoms with Gasteiger partial charge < -0.3 is 48.7 Å². The highest BCUT2D eigenvalue weighted by Crippen LogP contribution is 2.32. The first-order valence-corrected chi connectivity index (χ1v) is 18.9. The van der Waals surface area contributed by atoms with Gasteiger partial charge in [0.25, 0.3) is 5.91 Å². The number of aromatic nitrogens is 2. The second kappa shape index (κ2) is 27.7. The molecule has 1 aliphatic rings. The van der Waals surface area contributed by atoms with E-state index in [9.17, 15) is 9.59 Å². The number of carboxylic acid groups (broad SMARTS) is 1. The van der Waals surface area contributed by atoms with Crippen LogP contribution in [0.3, 0.4) is 0 Å². The highest BCUT2D eigenvalue weighted by Gasteiger charge is 2.22. The first-order chi connectivity index (χ1) is 26.8. The van der Waals surface area contributed by atoms with Crippen LogP contribution in [0.2, 0.25) is 0 Å². The Kier molecular flexibility index (Phi) is 23.0. The summed E-state index contributed by atoms with van der Waals surface area (Å²) >= 11 is 0. The molecule has 1 atom stereocenters. The van der Waals surface area contributed by atoms with Crippen LogP contribution in [0.4, 0.5) is 5.69 Å². The van der Waals surface area contributed by atoms with Crippen LogP contribution in [0, 0.1) is 0 Å². The molecule has 2 heterocycles. The molecule has 1 amide bonds. The Morgan fingerprint density at radius 2 is 1.36 bits per heavy atom. The molecule has 1 aliphatic heterocycles. The van der Waals surface area contributed by atoms with Crippen molar-refractivity contribution in [2.24, 2.45) is 10.7 Å². The highest BCUT2D eigenvalue weighted by atomic mass is 16.7. The molecule has 0 bridgehead atoms. The normalized spacial score (nSPS) is 13.2. The number of carbonyl (C=O) groups excluding carboxylic acids is 1. The van der Waals surface area contributed by atoms with Crippen molar-refractivity contribution in [3.05, 3.63) is 41.7 Å². The number of carbonyl (C=O) groups is 2. The molecule has 55 heavy (non-hydrogen) atoms. The summed E-state index contributed by atoms with van der Waals surface area (Å²) in [6.07, 6.45) is 5.79. The molecular weight excluding hydrogens is 718 g/mol. The number of hydrogen-bond acceptors (Lipinski definition) is 14. The maximum Gasteiger partial charge on any atom is 0.332 e. The highest BCUT2D eigenvalue weighted by molar-refractivity contribution is 6.05. The molecule has 308 valence electrons. The molecule has 17 heteroatoms. The number of amides is 1. The number of hydroxylamine groups is 2. The summed E-state index contributed by atoms with van der Waals surface area (Å²) < 4.78 is 45.4. The second-order valence-electron chi connectivity index (χ2n) is 12.2. The van der Waals surface area contributed by atoms with E-state index in [0.717, 1.165) is 23.1 Å². The van der Waals surface area contributed by atoms with Gasteiger partial charge in [0.15, 0.2) is 6.10 Å². The lowest BCUT2D eigenvalue weighted by molar-refractivity contribution is -0.180. The number of aliphatic carboxylic acids is 1. The van der Waals surface area contributed by atoms with Crippen molar-refractivity contribution in [1.82, 2.24) is 14.8 Å². The molecule has 0 saturated carbocycles. The van der Waals surface area contributed by atoms with Gasteiger partial charge in [-0.1, -0.05) is 19.1 Å². The van der Waals surface area contributed by atoms with Crippen LogP contribution in [-0.2, 0) is 58.9 Å². The lowest BCUT2D eigenvalue weighted by Gasteiger charge is -2.21. The van der Waals surface area contributed by atoms with Gasteiger partial charge in [-0.3, -0.25) is 14.3 Å². The number of nitrogens with two attached hydrogens (primary N) is 1. The van der Waals surface area contributed by atoms with Crippen LogP contribution in [0.15, 0.2) is 41.2 Å². The van der Waals surface area contributed by atoms with Crippen LogP contribution in [0.1, 0.15) is 39.2 Å². The van der Waals surface area contributed by atoms with E-state index in [0.29, 0.717) is 129 Å². The predicted octanol–water partition coefficient (Wildman–Crippen LogP) is 3.12. The zero-order valence-corrected chi connectivity index (χ0v) is 32.5. The molecule has 3 N–H and O–H groups in total. The summed E-state index contributed by atoms with van der Waals surface area (Å²) in [6, 6.07) is 5.88. The zero-order chi connectivity index (χ0) is 39.5. The van der Waals surface area contributed by atoms with Gasteiger partial charge in [-0.05, 0) is 38.0 Å². The summed E-state index contributed by atoms with van der Waals surface area (Å²) in [5, 5.41) is 14.6. The average Bonchev–Trinajstić information content (AvgIpc) is 3.58. The second-order valence-corrected chi connectivity index (χ2v) is 12.2. The largest absolute Gasteiger partial charge is 0.479 e. The lowest BCUT2D eigenvalue weighted by Crippen LogP contribution is -2.34. The Hall–Kier alpha value is -3.78. The van der Waals surface area contributed by atoms with Crippen LogP contribution < -0.4 is 5.73 Å². The van der Waals surface area contributed by atoms with Crippen molar-refractivity contribution in [3.8, 4) is 11.1 Å². The molecule has 1 aromatic carbocycles. The summed E-state index contributed by atoms with van der Waals surface area (Å²) in [4.78, 5) is 33.9. The third-order valence-corrected chi connectivity index (χ3v) is 7.82. The number of aliphatic imine (C=N–C) groups is 1. The molecule has 3 rings (SSSR count). The summed E-state index contributed by atoms with van der Waals surface area (Å²) in [7, 11) is 0. The van der Waals surface area contributed by atoms with Crippen LogP contribution in [0.25, 0.3) is 17.2 Å². The van der Waals surface area contributed by atoms with Gasteiger partial charge in [0.05, 0.1) is 124 Å². The van der Waals surface area contributed by atoms with Gasteiger partial charge in [0.1, 0.15) is 5.84 Å². The molecule has 0 aliphatic carbocycles. The van der Waals surface area contributed by atoms with Crippen molar-refractivity contribution in [1.29, 1.82) is 0 Å². The first kappa shape index (κ1) is 45.6. The summed E-state index contributed by atoms with van der Waals surface area (Å²) in [5.74, 6) is -0.826. The maximum atomic E-state index is 13.2. The van der Waals surface area contributed by atoms with E-state index in [1.54, 1.807) is 6.20 Å². The van der Waals surface area contributed by atoms with Gasteiger partial charge in [0, 0.05) is 35.9 Å². The molecule has 0 fully saturated rings. The van der Waals surface area contributed by atoms with E-state index < -0.39 is 12.1 Å². The minimum atomic E-state index is -0.996. The van der Waals surface area contributed by atoms with Crippen molar-refractivity contribution in [2.75, 3.05) is 112 Å². The Morgan fingerprint density at radius 3 is 1.89 bits per heavy atom. The number of carboxylic acids is 1. The number of hydrogen-bond donors (Lipinski definition) is 2. The lowest BCUT2D eigenvalue weighted by atomic mass is 10.0. The fourth-order valence-electron chi connectivity index (χ4n) is 5.02. The Labute approximate surface area is 323 Å². The third-order valence-electron chi connectivity index (χ3n) is 7.82. The molecular formula is C38H59N5O12. The molecule has 1 unspecified atom stereocenters. The van der Waals surface area contributed by atoms with Gasteiger partial charge in [-0.15, -0.1) is 0 Å². The number of ether oxygens (including phenoxy) is 8. The van der Waals surface area contributed by atoms with Crippen molar-refractivity contribution < 1.29 is 57.4 Å². The number of fused-ring (bicyclic) bond motifs is 1. The van der Waals surface area contributed by atoms with E-state index in [2.05, 4.69) is 10.1 Å². The number of benzene rings is 1. The smallest absolute Gasteiger partial charge is 0.332 e. The van der Waals surface area contributed by atoms with Crippen LogP contribution >= 0.6 is 0 Å². The van der Waals surface area contributed by atoms with E-state index >= 15 is 0 Å². The Bertz CT molecular complexity index is 1450. The molecule has 1 aromatic heterocycles. The topological polar surface area (TPSA) is 197 Å². The van der Waals surface area contributed by atoms with E-state index in [1.165, 1.54) is 12.0 Å². The number of amidine groups is 1. The molecule has 0 saturated heterocycles. The van der Waals surface area contributed by atoms with Gasteiger partial charge in [-0.2, -0.15) is 5.10 Å². The maximum absolute atomic E-state index is 13.2. The quantitative estimate of drug-likeness (QED) is 0.0812. The Morgan fingerprint density at radius 1 is 0.818 bits per heavy atom. The predicted molar refractivity (Wildman–Crippen MR) is 204 cm³/mol. The third kappa shape index (κ3) is 18.6. The SMILES string of the molecule is CCCN(OCC)C(=O)C1=Cc2ccc(-c3cnn(CCOCCOCCOCCOCCOCCOCCOCCOC(C)C(=O)O)c3)cc2N=C(N)C1. The number of nitrogens with zero attached hydrogens (tertiary/aromatic N) is 4. The minimum absolute atomic E-state index is 0.198. The molecule has 0 spiro atoms. The average molecular weight is 778 g/mol. The molecule has 17 nitrogen and oxygen atoms in total. The fraction of sp³-hybridized carbons (Fsp3) is 0.632. The van der Waals surface area contributed by atoms with Crippen molar-refractivity contribution in [3.63, 3.8) is 0 Å². The summed E-state index contributed by atoms with van der Waals surface area (Å²) in [5.41, 5.74) is 10.2. The summed E-state index contributed by atoms with van der Waals surface area (Å²) in [6.45, 7) is 13.3.